The van der Waals surface area contributed by atoms with Crippen LogP contribution in [0.5, 0.6) is 0 Å². The lowest BCUT2D eigenvalue weighted by Crippen LogP contribution is -2.25. The maximum atomic E-state index is 10.8. The van der Waals surface area contributed by atoms with Crippen molar-refractivity contribution in [3.05, 3.63) is 23.9 Å². The van der Waals surface area contributed by atoms with Gasteiger partial charge >= 0.3 is 0 Å². The molecular formula is C7H9NO. The van der Waals surface area contributed by atoms with Gasteiger partial charge in [0.1, 0.15) is 0 Å². The zero-order chi connectivity index (χ0) is 6.85. The molecule has 0 aliphatic carbocycles. The van der Waals surface area contributed by atoms with Gasteiger partial charge in [-0.15, -0.1) is 0 Å². The number of carbonyl (C=O) groups excluding carboxylic acids is 1. The molecule has 0 spiro atoms. The summed E-state index contributed by atoms with van der Waals surface area (Å²) in [5.41, 5.74) is 1.56. The van der Waals surface area contributed by atoms with E-state index in [1.54, 1.807) is 6.92 Å². The van der Waals surface area contributed by atoms with Crippen LogP contribution in [0.2, 0.25) is 0 Å². The van der Waals surface area contributed by atoms with Crippen LogP contribution in [0.3, 0.4) is 0 Å². The smallest absolute Gasteiger partial charge is 0.250 e. The van der Waals surface area contributed by atoms with Crippen LogP contribution in [-0.4, -0.2) is 5.91 Å². The maximum absolute atomic E-state index is 10.8. The average molecular weight is 123 g/mol. The summed E-state index contributed by atoms with van der Waals surface area (Å²) in [6.07, 6.45) is 2.65. The fourth-order valence-electron chi connectivity index (χ4n) is 0.679. The number of amides is 1. The predicted octanol–water partition coefficient (Wildman–Crippen LogP) is 0.966. The minimum atomic E-state index is -0.0220. The molecule has 0 aromatic heterocycles. The second kappa shape index (κ2) is 2.05. The summed E-state index contributed by atoms with van der Waals surface area (Å²) in [5, 5.41) is 2.63. The molecule has 2 nitrogen and oxygen atoms in total. The Hall–Kier alpha value is -1.05. The molecule has 0 aromatic carbocycles. The molecular weight excluding hydrogens is 114 g/mol. The van der Waals surface area contributed by atoms with Crippen molar-refractivity contribution in [3.8, 4) is 0 Å². The molecule has 1 N–H and O–H groups in total. The van der Waals surface area contributed by atoms with Gasteiger partial charge in [-0.1, -0.05) is 12.7 Å². The van der Waals surface area contributed by atoms with Gasteiger partial charge in [0.05, 0.1) is 0 Å². The molecule has 1 amide bonds. The van der Waals surface area contributed by atoms with Gasteiger partial charge in [0.25, 0.3) is 5.91 Å². The monoisotopic (exact) mass is 123 g/mol. The first kappa shape index (κ1) is 6.08. The quantitative estimate of drug-likeness (QED) is 0.511. The first-order valence-electron chi connectivity index (χ1n) is 2.86. The molecule has 1 aliphatic heterocycles. The lowest BCUT2D eigenvalue weighted by Gasteiger charge is -2.11. The Balaban J connectivity index is 2.79. The average Bonchev–Trinajstić information content (AvgIpc) is 1.80. The Labute approximate surface area is 54.3 Å². The van der Waals surface area contributed by atoms with Crippen molar-refractivity contribution >= 4 is 5.91 Å². The SMILES string of the molecule is C=C1CC=C(C)C(=O)N1. The number of hydrogen-bond donors (Lipinski definition) is 1. The van der Waals surface area contributed by atoms with Crippen LogP contribution in [0.15, 0.2) is 23.9 Å². The highest BCUT2D eigenvalue weighted by molar-refractivity contribution is 5.94. The molecule has 0 unspecified atom stereocenters. The molecule has 0 fully saturated rings. The van der Waals surface area contributed by atoms with Crippen LogP contribution >= 0.6 is 0 Å². The molecule has 0 aromatic rings. The van der Waals surface area contributed by atoms with E-state index in [9.17, 15) is 4.79 Å². The summed E-state index contributed by atoms with van der Waals surface area (Å²) in [4.78, 5) is 10.8. The van der Waals surface area contributed by atoms with Gasteiger partial charge in [-0.2, -0.15) is 0 Å². The van der Waals surface area contributed by atoms with E-state index in [0.29, 0.717) is 0 Å². The van der Waals surface area contributed by atoms with Crippen LogP contribution in [0, 0.1) is 0 Å². The second-order valence-corrected chi connectivity index (χ2v) is 2.15. The number of allylic oxidation sites excluding steroid dienone is 1. The Morgan fingerprint density at radius 2 is 2.44 bits per heavy atom. The Morgan fingerprint density at radius 1 is 1.78 bits per heavy atom. The normalized spacial score (nSPS) is 19.0. The maximum Gasteiger partial charge on any atom is 0.250 e. The molecule has 1 heterocycles. The van der Waals surface area contributed by atoms with Crippen molar-refractivity contribution < 1.29 is 4.79 Å². The zero-order valence-corrected chi connectivity index (χ0v) is 5.40. The summed E-state index contributed by atoms with van der Waals surface area (Å²) >= 11 is 0. The van der Waals surface area contributed by atoms with Gasteiger partial charge in [0.15, 0.2) is 0 Å². The summed E-state index contributed by atoms with van der Waals surface area (Å²) in [6, 6.07) is 0. The zero-order valence-electron chi connectivity index (χ0n) is 5.40. The number of carbonyl (C=O) groups is 1. The molecule has 0 bridgehead atoms. The van der Waals surface area contributed by atoms with Crippen LogP contribution in [-0.2, 0) is 4.79 Å². The Kier molecular flexibility index (Phi) is 1.39. The largest absolute Gasteiger partial charge is 0.326 e. The molecule has 0 atom stereocenters. The lowest BCUT2D eigenvalue weighted by atomic mass is 10.1. The molecule has 0 radical (unpaired) electrons. The number of rotatable bonds is 0. The van der Waals surface area contributed by atoms with Crippen molar-refractivity contribution in [1.29, 1.82) is 0 Å². The Morgan fingerprint density at radius 3 is 2.89 bits per heavy atom. The van der Waals surface area contributed by atoms with Crippen molar-refractivity contribution in [2.24, 2.45) is 0 Å². The molecule has 48 valence electrons. The molecule has 0 saturated heterocycles. The van der Waals surface area contributed by atoms with E-state index < -0.39 is 0 Å². The van der Waals surface area contributed by atoms with E-state index in [4.69, 9.17) is 0 Å². The van der Waals surface area contributed by atoms with Crippen molar-refractivity contribution in [1.82, 2.24) is 5.32 Å². The summed E-state index contributed by atoms with van der Waals surface area (Å²) in [7, 11) is 0. The minimum absolute atomic E-state index is 0.0220. The molecule has 1 aliphatic rings. The topological polar surface area (TPSA) is 29.1 Å². The standard InChI is InChI=1S/C7H9NO/c1-5-3-4-6(2)8-7(5)9/h3H,2,4H2,1H3,(H,8,9). The van der Waals surface area contributed by atoms with Crippen LogP contribution in [0.25, 0.3) is 0 Å². The summed E-state index contributed by atoms with van der Waals surface area (Å²) in [6.45, 7) is 5.42. The summed E-state index contributed by atoms with van der Waals surface area (Å²) < 4.78 is 0. The third-order valence-electron chi connectivity index (χ3n) is 1.30. The number of nitrogens with one attached hydrogen (secondary N) is 1. The third-order valence-corrected chi connectivity index (χ3v) is 1.30. The van der Waals surface area contributed by atoms with Crippen molar-refractivity contribution in [2.45, 2.75) is 13.3 Å². The molecule has 0 saturated carbocycles. The van der Waals surface area contributed by atoms with Crippen molar-refractivity contribution in [2.75, 3.05) is 0 Å². The highest BCUT2D eigenvalue weighted by atomic mass is 16.1. The van der Waals surface area contributed by atoms with Crippen LogP contribution in [0.4, 0.5) is 0 Å². The molecule has 1 rings (SSSR count). The van der Waals surface area contributed by atoms with Gasteiger partial charge in [-0.25, -0.2) is 0 Å². The van der Waals surface area contributed by atoms with Gasteiger partial charge < -0.3 is 5.32 Å². The first-order valence-corrected chi connectivity index (χ1v) is 2.86. The highest BCUT2D eigenvalue weighted by Crippen LogP contribution is 2.07. The Bertz CT molecular complexity index is 191. The van der Waals surface area contributed by atoms with E-state index in [0.717, 1.165) is 17.7 Å². The van der Waals surface area contributed by atoms with E-state index >= 15 is 0 Å². The van der Waals surface area contributed by atoms with Crippen molar-refractivity contribution in [3.63, 3.8) is 0 Å². The van der Waals surface area contributed by atoms with Gasteiger partial charge in [-0.05, 0) is 6.92 Å². The highest BCUT2D eigenvalue weighted by Gasteiger charge is 2.08. The third kappa shape index (κ3) is 1.19. The fraction of sp³-hybridized carbons (Fsp3) is 0.286. The number of hydrogen-bond acceptors (Lipinski definition) is 1. The fourth-order valence-corrected chi connectivity index (χ4v) is 0.679. The van der Waals surface area contributed by atoms with Crippen LogP contribution in [0.1, 0.15) is 13.3 Å². The lowest BCUT2D eigenvalue weighted by molar-refractivity contribution is -0.117. The molecule has 9 heavy (non-hydrogen) atoms. The summed E-state index contributed by atoms with van der Waals surface area (Å²) in [5.74, 6) is -0.0220. The first-order chi connectivity index (χ1) is 4.20. The van der Waals surface area contributed by atoms with Gasteiger partial charge in [0.2, 0.25) is 0 Å². The predicted molar refractivity (Wildman–Crippen MR) is 35.7 cm³/mol. The van der Waals surface area contributed by atoms with Crippen LogP contribution < -0.4 is 5.32 Å². The van der Waals surface area contributed by atoms with Gasteiger partial charge in [-0.3, -0.25) is 4.79 Å². The minimum Gasteiger partial charge on any atom is -0.326 e. The van der Waals surface area contributed by atoms with E-state index in [1.807, 2.05) is 6.08 Å². The van der Waals surface area contributed by atoms with E-state index in [2.05, 4.69) is 11.9 Å². The van der Waals surface area contributed by atoms with E-state index in [-0.39, 0.29) is 5.91 Å². The second-order valence-electron chi connectivity index (χ2n) is 2.15. The molecule has 2 heteroatoms. The van der Waals surface area contributed by atoms with Gasteiger partial charge in [0, 0.05) is 17.7 Å². The van der Waals surface area contributed by atoms with E-state index in [1.165, 1.54) is 0 Å².